The highest BCUT2D eigenvalue weighted by molar-refractivity contribution is 9.10. The lowest BCUT2D eigenvalue weighted by molar-refractivity contribution is 0.866. The number of thiol groups is 1. The van der Waals surface area contributed by atoms with Crippen molar-refractivity contribution in [1.82, 2.24) is 0 Å². The van der Waals surface area contributed by atoms with E-state index >= 15 is 0 Å². The van der Waals surface area contributed by atoms with Crippen molar-refractivity contribution in [3.05, 3.63) is 28.2 Å². The third-order valence-electron chi connectivity index (χ3n) is 1.99. The maximum Gasteiger partial charge on any atom is 0.0297 e. The fourth-order valence-electron chi connectivity index (χ4n) is 1.39. The number of rotatable bonds is 0. The summed E-state index contributed by atoms with van der Waals surface area (Å²) in [6.07, 6.45) is 1.17. The quantitative estimate of drug-likeness (QED) is 0.691. The molecule has 1 unspecified atom stereocenters. The van der Waals surface area contributed by atoms with Crippen LogP contribution in [0.2, 0.25) is 0 Å². The van der Waals surface area contributed by atoms with Crippen LogP contribution in [0, 0.1) is 0 Å². The molecule has 0 radical (unpaired) electrons. The van der Waals surface area contributed by atoms with E-state index < -0.39 is 0 Å². The van der Waals surface area contributed by atoms with Crippen LogP contribution in [0.4, 0.5) is 0 Å². The van der Waals surface area contributed by atoms with Gasteiger partial charge in [0.05, 0.1) is 0 Å². The SMILES string of the molecule is SC1CCSc2cccc(Br)c21. The molecule has 12 heavy (non-hydrogen) atoms. The topological polar surface area (TPSA) is 0 Å². The first kappa shape index (κ1) is 8.97. The fraction of sp³-hybridized carbons (Fsp3) is 0.333. The Hall–Kier alpha value is 0.400. The molecule has 0 saturated heterocycles. The van der Waals surface area contributed by atoms with Crippen molar-refractivity contribution in [3.8, 4) is 0 Å². The molecule has 1 heterocycles. The van der Waals surface area contributed by atoms with Gasteiger partial charge in [-0.2, -0.15) is 12.6 Å². The van der Waals surface area contributed by atoms with Crippen LogP contribution in [0.15, 0.2) is 27.6 Å². The Labute approximate surface area is 90.7 Å². The van der Waals surface area contributed by atoms with E-state index in [2.05, 4.69) is 46.8 Å². The second kappa shape index (κ2) is 3.64. The summed E-state index contributed by atoms with van der Waals surface area (Å²) in [6.45, 7) is 0. The van der Waals surface area contributed by atoms with E-state index in [0.29, 0.717) is 5.25 Å². The summed E-state index contributed by atoms with van der Waals surface area (Å²) in [5.41, 5.74) is 1.37. The number of thioether (sulfide) groups is 1. The van der Waals surface area contributed by atoms with Crippen molar-refractivity contribution >= 4 is 40.3 Å². The second-order valence-corrected chi connectivity index (χ2v) is 5.42. The molecular weight excluding hydrogens is 252 g/mol. The van der Waals surface area contributed by atoms with Gasteiger partial charge in [-0.05, 0) is 29.9 Å². The highest BCUT2D eigenvalue weighted by Gasteiger charge is 2.19. The summed E-state index contributed by atoms with van der Waals surface area (Å²) in [6, 6.07) is 6.35. The molecule has 2 rings (SSSR count). The molecule has 0 amide bonds. The van der Waals surface area contributed by atoms with Crippen molar-refractivity contribution < 1.29 is 0 Å². The van der Waals surface area contributed by atoms with Gasteiger partial charge in [0.25, 0.3) is 0 Å². The van der Waals surface area contributed by atoms with E-state index in [1.807, 2.05) is 11.8 Å². The summed E-state index contributed by atoms with van der Waals surface area (Å²) in [4.78, 5) is 1.38. The summed E-state index contributed by atoms with van der Waals surface area (Å²) >= 11 is 10.1. The molecule has 1 aliphatic rings. The molecule has 0 bridgehead atoms. The monoisotopic (exact) mass is 260 g/mol. The summed E-state index contributed by atoms with van der Waals surface area (Å²) < 4.78 is 1.20. The Morgan fingerprint density at radius 2 is 2.33 bits per heavy atom. The Bertz CT molecular complexity index is 299. The van der Waals surface area contributed by atoms with Crippen LogP contribution in [0.25, 0.3) is 0 Å². The van der Waals surface area contributed by atoms with Gasteiger partial charge in [-0.1, -0.05) is 22.0 Å². The molecule has 0 spiro atoms. The molecule has 0 nitrogen and oxygen atoms in total. The van der Waals surface area contributed by atoms with Gasteiger partial charge in [0.2, 0.25) is 0 Å². The van der Waals surface area contributed by atoms with Gasteiger partial charge in [-0.25, -0.2) is 0 Å². The lowest BCUT2D eigenvalue weighted by Gasteiger charge is -2.21. The van der Waals surface area contributed by atoms with Crippen LogP contribution < -0.4 is 0 Å². The smallest absolute Gasteiger partial charge is 0.0297 e. The van der Waals surface area contributed by atoms with Crippen molar-refractivity contribution in [2.45, 2.75) is 16.6 Å². The minimum absolute atomic E-state index is 0.414. The average molecular weight is 261 g/mol. The molecular formula is C9H9BrS2. The molecule has 64 valence electrons. The molecule has 3 heteroatoms. The van der Waals surface area contributed by atoms with E-state index in [1.54, 1.807) is 0 Å². The molecule has 0 fully saturated rings. The van der Waals surface area contributed by atoms with E-state index in [0.717, 1.165) is 0 Å². The third-order valence-corrected chi connectivity index (χ3v) is 4.31. The maximum atomic E-state index is 4.57. The van der Waals surface area contributed by atoms with Crippen molar-refractivity contribution in [2.75, 3.05) is 5.75 Å². The lowest BCUT2D eigenvalue weighted by atomic mass is 10.1. The molecule has 1 aromatic rings. The molecule has 1 atom stereocenters. The first-order chi connectivity index (χ1) is 5.79. The van der Waals surface area contributed by atoms with Crippen molar-refractivity contribution in [1.29, 1.82) is 0 Å². The summed E-state index contributed by atoms with van der Waals surface area (Å²) in [5, 5.41) is 0.414. The summed E-state index contributed by atoms with van der Waals surface area (Å²) in [5.74, 6) is 1.19. The number of benzene rings is 1. The van der Waals surface area contributed by atoms with Crippen molar-refractivity contribution in [2.24, 2.45) is 0 Å². The average Bonchev–Trinajstić information content (AvgIpc) is 2.04. The number of hydrogen-bond donors (Lipinski definition) is 1. The van der Waals surface area contributed by atoms with Crippen LogP contribution in [0.5, 0.6) is 0 Å². The predicted molar refractivity (Wildman–Crippen MR) is 61.2 cm³/mol. The number of hydrogen-bond acceptors (Lipinski definition) is 2. The van der Waals surface area contributed by atoms with E-state index in [-0.39, 0.29) is 0 Å². The number of fused-ring (bicyclic) bond motifs is 1. The minimum atomic E-state index is 0.414. The zero-order valence-corrected chi connectivity index (χ0v) is 9.75. The third kappa shape index (κ3) is 1.54. The number of halogens is 1. The van der Waals surface area contributed by atoms with Crippen LogP contribution >= 0.6 is 40.3 Å². The van der Waals surface area contributed by atoms with E-state index in [9.17, 15) is 0 Å². The van der Waals surface area contributed by atoms with Crippen LogP contribution in [-0.2, 0) is 0 Å². The molecule has 1 aliphatic heterocycles. The standard InChI is InChI=1S/C9H9BrS2/c10-6-2-1-3-8-9(6)7(11)4-5-12-8/h1-3,7,11H,4-5H2. The normalized spacial score (nSPS) is 22.0. The molecule has 0 N–H and O–H groups in total. The highest BCUT2D eigenvalue weighted by Crippen LogP contribution is 2.42. The van der Waals surface area contributed by atoms with Gasteiger partial charge in [-0.3, -0.25) is 0 Å². The predicted octanol–water partition coefficient (Wildman–Crippen LogP) is 3.92. The Kier molecular flexibility index (Phi) is 2.72. The molecule has 0 aromatic heterocycles. The van der Waals surface area contributed by atoms with Gasteiger partial charge < -0.3 is 0 Å². The van der Waals surface area contributed by atoms with E-state index in [1.165, 1.54) is 27.1 Å². The molecule has 0 aliphatic carbocycles. The van der Waals surface area contributed by atoms with Gasteiger partial charge >= 0.3 is 0 Å². The molecule has 0 saturated carbocycles. The maximum absolute atomic E-state index is 4.57. The minimum Gasteiger partial charge on any atom is -0.171 e. The summed E-state index contributed by atoms with van der Waals surface area (Å²) in [7, 11) is 0. The first-order valence-corrected chi connectivity index (χ1v) is 6.18. The fourth-order valence-corrected chi connectivity index (χ4v) is 4.17. The Morgan fingerprint density at radius 1 is 1.50 bits per heavy atom. The Morgan fingerprint density at radius 3 is 3.08 bits per heavy atom. The zero-order chi connectivity index (χ0) is 8.55. The van der Waals surface area contributed by atoms with Crippen LogP contribution in [-0.4, -0.2) is 5.75 Å². The Balaban J connectivity index is 2.53. The van der Waals surface area contributed by atoms with Gasteiger partial charge in [0, 0.05) is 14.6 Å². The van der Waals surface area contributed by atoms with Crippen LogP contribution in [0.3, 0.4) is 0 Å². The van der Waals surface area contributed by atoms with Gasteiger partial charge in [0.15, 0.2) is 0 Å². The van der Waals surface area contributed by atoms with Gasteiger partial charge in [-0.15, -0.1) is 11.8 Å². The zero-order valence-electron chi connectivity index (χ0n) is 6.46. The van der Waals surface area contributed by atoms with Gasteiger partial charge in [0.1, 0.15) is 0 Å². The highest BCUT2D eigenvalue weighted by atomic mass is 79.9. The second-order valence-electron chi connectivity index (χ2n) is 2.80. The van der Waals surface area contributed by atoms with Crippen LogP contribution in [0.1, 0.15) is 17.2 Å². The van der Waals surface area contributed by atoms with E-state index in [4.69, 9.17) is 0 Å². The van der Waals surface area contributed by atoms with Crippen molar-refractivity contribution in [3.63, 3.8) is 0 Å². The molecule has 1 aromatic carbocycles. The lowest BCUT2D eigenvalue weighted by Crippen LogP contribution is -2.02. The first-order valence-electron chi connectivity index (χ1n) is 3.88. The largest absolute Gasteiger partial charge is 0.171 e.